The lowest BCUT2D eigenvalue weighted by molar-refractivity contribution is -0.346. The van der Waals surface area contributed by atoms with Gasteiger partial charge in [0, 0.05) is 17.4 Å². The van der Waals surface area contributed by atoms with E-state index in [4.69, 9.17) is 9.47 Å². The minimum atomic E-state index is -0.630. The summed E-state index contributed by atoms with van der Waals surface area (Å²) >= 11 is 0. The monoisotopic (exact) mass is 312 g/mol. The molecule has 1 heterocycles. The molecule has 0 bridgehead atoms. The van der Waals surface area contributed by atoms with Crippen LogP contribution in [0.2, 0.25) is 0 Å². The lowest BCUT2D eigenvalue weighted by atomic mass is 9.79. The Hall–Kier alpha value is -1.38. The summed E-state index contributed by atoms with van der Waals surface area (Å²) in [6.07, 6.45) is 0.993. The maximum absolute atomic E-state index is 6.61. The van der Waals surface area contributed by atoms with Crippen LogP contribution < -0.4 is 0 Å². The van der Waals surface area contributed by atoms with Gasteiger partial charge in [-0.15, -0.1) is 0 Å². The highest BCUT2D eigenvalue weighted by atomic mass is 16.7. The van der Waals surface area contributed by atoms with E-state index in [0.717, 1.165) is 18.6 Å². The van der Waals surface area contributed by atoms with E-state index < -0.39 is 5.79 Å². The molecule has 2 atom stereocenters. The summed E-state index contributed by atoms with van der Waals surface area (Å²) in [5.74, 6) is -0.172. The third kappa shape index (κ3) is 2.90. The van der Waals surface area contributed by atoms with Gasteiger partial charge in [-0.05, 0) is 22.8 Å². The van der Waals surface area contributed by atoms with Gasteiger partial charge >= 0.3 is 0 Å². The second-order valence-corrected chi connectivity index (χ2v) is 7.73. The number of hydrogen-bond donors (Lipinski definition) is 0. The highest BCUT2D eigenvalue weighted by Crippen LogP contribution is 2.45. The van der Waals surface area contributed by atoms with Crippen LogP contribution in [0.15, 0.2) is 42.5 Å². The first-order valence-electron chi connectivity index (χ1n) is 8.69. The summed E-state index contributed by atoms with van der Waals surface area (Å²) in [6, 6.07) is 15.0. The SMILES string of the molecule is CCC1(c2ccc3ccccc3c2)OCC(C)(C)C(C(C)C)O1. The average Bonchev–Trinajstić information content (AvgIpc) is 2.54. The first-order chi connectivity index (χ1) is 10.9. The lowest BCUT2D eigenvalue weighted by Crippen LogP contribution is -2.53. The van der Waals surface area contributed by atoms with Crippen molar-refractivity contribution in [1.29, 1.82) is 0 Å². The average molecular weight is 312 g/mol. The summed E-state index contributed by atoms with van der Waals surface area (Å²) in [6.45, 7) is 11.8. The molecule has 0 aliphatic carbocycles. The van der Waals surface area contributed by atoms with Crippen molar-refractivity contribution in [3.8, 4) is 0 Å². The molecular weight excluding hydrogens is 284 g/mol. The highest BCUT2D eigenvalue weighted by Gasteiger charge is 2.47. The number of rotatable bonds is 3. The van der Waals surface area contributed by atoms with Gasteiger partial charge in [0.1, 0.15) is 0 Å². The minimum absolute atomic E-state index is 0.0314. The van der Waals surface area contributed by atoms with E-state index in [9.17, 15) is 0 Å². The molecule has 1 fully saturated rings. The van der Waals surface area contributed by atoms with E-state index in [2.05, 4.69) is 77.1 Å². The smallest absolute Gasteiger partial charge is 0.194 e. The second kappa shape index (κ2) is 5.92. The summed E-state index contributed by atoms with van der Waals surface area (Å²) < 4.78 is 12.9. The van der Waals surface area contributed by atoms with Crippen molar-refractivity contribution in [2.75, 3.05) is 6.61 Å². The minimum Gasteiger partial charge on any atom is -0.345 e. The summed E-state index contributed by atoms with van der Waals surface area (Å²) in [5, 5.41) is 2.48. The van der Waals surface area contributed by atoms with E-state index in [-0.39, 0.29) is 11.5 Å². The Labute approximate surface area is 139 Å². The molecule has 3 rings (SSSR count). The van der Waals surface area contributed by atoms with Crippen LogP contribution in [0.3, 0.4) is 0 Å². The van der Waals surface area contributed by atoms with E-state index in [1.807, 2.05) is 0 Å². The van der Waals surface area contributed by atoms with Crippen molar-refractivity contribution in [2.24, 2.45) is 11.3 Å². The number of hydrogen-bond acceptors (Lipinski definition) is 2. The third-order valence-electron chi connectivity index (χ3n) is 5.03. The predicted octanol–water partition coefficient (Wildman–Crippen LogP) is 5.50. The van der Waals surface area contributed by atoms with Crippen LogP contribution in [0.5, 0.6) is 0 Å². The Bertz CT molecular complexity index is 689. The van der Waals surface area contributed by atoms with Crippen LogP contribution >= 0.6 is 0 Å². The molecule has 1 saturated heterocycles. The Morgan fingerprint density at radius 3 is 2.43 bits per heavy atom. The first-order valence-corrected chi connectivity index (χ1v) is 8.69. The molecule has 2 aromatic carbocycles. The van der Waals surface area contributed by atoms with Crippen molar-refractivity contribution in [3.63, 3.8) is 0 Å². The van der Waals surface area contributed by atoms with E-state index >= 15 is 0 Å². The molecule has 0 amide bonds. The van der Waals surface area contributed by atoms with Crippen LogP contribution in [0.1, 0.15) is 46.6 Å². The Kier molecular flexibility index (Phi) is 4.24. The summed E-state index contributed by atoms with van der Waals surface area (Å²) in [7, 11) is 0. The fourth-order valence-corrected chi connectivity index (χ4v) is 3.79. The van der Waals surface area contributed by atoms with Gasteiger partial charge in [-0.2, -0.15) is 0 Å². The molecule has 0 N–H and O–H groups in total. The standard InChI is InChI=1S/C21H28O2/c1-6-21(22-14-20(4,5)19(23-21)15(2)3)18-12-11-16-9-7-8-10-17(16)13-18/h7-13,15,19H,6,14H2,1-5H3. The fourth-order valence-electron chi connectivity index (χ4n) is 3.79. The van der Waals surface area contributed by atoms with Gasteiger partial charge in [0.25, 0.3) is 0 Å². The number of fused-ring (bicyclic) bond motifs is 1. The van der Waals surface area contributed by atoms with Crippen LogP contribution in [0, 0.1) is 11.3 Å². The summed E-state index contributed by atoms with van der Waals surface area (Å²) in [5.41, 5.74) is 1.16. The fraction of sp³-hybridized carbons (Fsp3) is 0.524. The van der Waals surface area contributed by atoms with Gasteiger partial charge in [-0.25, -0.2) is 0 Å². The summed E-state index contributed by atoms with van der Waals surface area (Å²) in [4.78, 5) is 0. The van der Waals surface area contributed by atoms with E-state index in [1.54, 1.807) is 0 Å². The molecule has 0 spiro atoms. The van der Waals surface area contributed by atoms with Gasteiger partial charge in [0.15, 0.2) is 5.79 Å². The Balaban J connectivity index is 2.02. The molecule has 2 nitrogen and oxygen atoms in total. The maximum atomic E-state index is 6.61. The lowest BCUT2D eigenvalue weighted by Gasteiger charge is -2.50. The molecule has 23 heavy (non-hydrogen) atoms. The van der Waals surface area contributed by atoms with Crippen molar-refractivity contribution in [1.82, 2.24) is 0 Å². The third-order valence-corrected chi connectivity index (χ3v) is 5.03. The molecule has 2 unspecified atom stereocenters. The van der Waals surface area contributed by atoms with Gasteiger partial charge in [0.05, 0.1) is 12.7 Å². The van der Waals surface area contributed by atoms with E-state index in [1.165, 1.54) is 10.8 Å². The zero-order chi connectivity index (χ0) is 16.7. The highest BCUT2D eigenvalue weighted by molar-refractivity contribution is 5.83. The zero-order valence-electron chi connectivity index (χ0n) is 14.9. The van der Waals surface area contributed by atoms with E-state index in [0.29, 0.717) is 5.92 Å². The van der Waals surface area contributed by atoms with Crippen LogP contribution in [-0.4, -0.2) is 12.7 Å². The van der Waals surface area contributed by atoms with Crippen molar-refractivity contribution in [2.45, 2.75) is 52.9 Å². The molecule has 0 saturated carbocycles. The second-order valence-electron chi connectivity index (χ2n) is 7.73. The Morgan fingerprint density at radius 2 is 1.78 bits per heavy atom. The van der Waals surface area contributed by atoms with Crippen LogP contribution in [0.4, 0.5) is 0 Å². The molecule has 0 radical (unpaired) electrons. The van der Waals surface area contributed by atoms with Crippen molar-refractivity contribution in [3.05, 3.63) is 48.0 Å². The number of benzene rings is 2. The first kappa shape index (κ1) is 16.5. The Morgan fingerprint density at radius 1 is 1.09 bits per heavy atom. The van der Waals surface area contributed by atoms with Crippen molar-refractivity contribution >= 4 is 10.8 Å². The van der Waals surface area contributed by atoms with Crippen molar-refractivity contribution < 1.29 is 9.47 Å². The molecule has 1 aliphatic rings. The number of ether oxygens (including phenoxy) is 2. The van der Waals surface area contributed by atoms with Gasteiger partial charge in [0.2, 0.25) is 0 Å². The van der Waals surface area contributed by atoms with Gasteiger partial charge < -0.3 is 9.47 Å². The van der Waals surface area contributed by atoms with Crippen LogP contribution in [0.25, 0.3) is 10.8 Å². The quantitative estimate of drug-likeness (QED) is 0.745. The molecular formula is C21H28O2. The zero-order valence-corrected chi connectivity index (χ0v) is 14.9. The molecule has 124 valence electrons. The topological polar surface area (TPSA) is 18.5 Å². The molecule has 2 aromatic rings. The largest absolute Gasteiger partial charge is 0.345 e. The maximum Gasteiger partial charge on any atom is 0.194 e. The molecule has 0 aromatic heterocycles. The predicted molar refractivity (Wildman–Crippen MR) is 95.4 cm³/mol. The molecule has 2 heteroatoms. The molecule has 1 aliphatic heterocycles. The normalized spacial score (nSPS) is 27.5. The van der Waals surface area contributed by atoms with Gasteiger partial charge in [-0.3, -0.25) is 0 Å². The van der Waals surface area contributed by atoms with Gasteiger partial charge in [-0.1, -0.05) is 71.0 Å². The van der Waals surface area contributed by atoms with Crippen LogP contribution in [-0.2, 0) is 15.3 Å².